The molecule has 0 saturated carbocycles. The number of anilines is 1. The van der Waals surface area contributed by atoms with E-state index < -0.39 is 29.8 Å². The molecule has 2 aromatic carbocycles. The predicted octanol–water partition coefficient (Wildman–Crippen LogP) is 4.05. The van der Waals surface area contributed by atoms with Gasteiger partial charge in [-0.3, -0.25) is 14.9 Å². The zero-order valence-electron chi connectivity index (χ0n) is 17.4. The molecule has 1 N–H and O–H groups in total. The summed E-state index contributed by atoms with van der Waals surface area (Å²) < 4.78 is 47.4. The van der Waals surface area contributed by atoms with Gasteiger partial charge in [0.25, 0.3) is 5.56 Å². The molecule has 172 valence electrons. The summed E-state index contributed by atoms with van der Waals surface area (Å²) in [5.41, 5.74) is -0.863. The van der Waals surface area contributed by atoms with Gasteiger partial charge in [0.05, 0.1) is 41.0 Å². The molecule has 0 bridgehead atoms. The van der Waals surface area contributed by atoms with Crippen molar-refractivity contribution in [3.8, 4) is 0 Å². The lowest BCUT2D eigenvalue weighted by Crippen LogP contribution is -2.30. The van der Waals surface area contributed by atoms with Gasteiger partial charge in [0.2, 0.25) is 11.9 Å². The van der Waals surface area contributed by atoms with Crippen molar-refractivity contribution in [3.63, 3.8) is 0 Å². The summed E-state index contributed by atoms with van der Waals surface area (Å²) in [4.78, 5) is 29.6. The zero-order chi connectivity index (χ0) is 23.9. The maximum Gasteiger partial charge on any atom is 0.416 e. The number of furan rings is 1. The first-order valence-corrected chi connectivity index (χ1v) is 10.1. The van der Waals surface area contributed by atoms with Crippen LogP contribution in [-0.2, 0) is 24.1 Å². The lowest BCUT2D eigenvalue weighted by molar-refractivity contribution is -0.137. The van der Waals surface area contributed by atoms with Crippen molar-refractivity contribution in [2.75, 3.05) is 5.32 Å². The summed E-state index contributed by atoms with van der Waals surface area (Å²) >= 11 is 0. The molecule has 0 atom stereocenters. The Kier molecular flexibility index (Phi) is 5.16. The lowest BCUT2D eigenvalue weighted by Gasteiger charge is -2.10. The largest absolute Gasteiger partial charge is 0.467 e. The van der Waals surface area contributed by atoms with Gasteiger partial charge in [0, 0.05) is 5.39 Å². The first kappa shape index (κ1) is 21.4. The van der Waals surface area contributed by atoms with Gasteiger partial charge in [0.15, 0.2) is 0 Å². The second-order valence-electron chi connectivity index (χ2n) is 7.54. The van der Waals surface area contributed by atoms with E-state index in [4.69, 9.17) is 4.42 Å². The third-order valence-electron chi connectivity index (χ3n) is 5.28. The third-order valence-corrected chi connectivity index (χ3v) is 5.28. The Labute approximate surface area is 189 Å². The number of aromatic nitrogens is 4. The fourth-order valence-corrected chi connectivity index (χ4v) is 3.66. The molecule has 0 aliphatic carbocycles. The number of rotatable bonds is 5. The molecule has 0 aliphatic heterocycles. The van der Waals surface area contributed by atoms with Gasteiger partial charge in [-0.1, -0.05) is 18.2 Å². The van der Waals surface area contributed by atoms with Crippen LogP contribution in [-0.4, -0.2) is 25.2 Å². The van der Waals surface area contributed by atoms with Crippen LogP contribution in [0.25, 0.3) is 21.8 Å². The number of amides is 1. The maximum absolute atomic E-state index is 13.2. The number of nitrogens with one attached hydrogen (secondary N) is 1. The highest BCUT2D eigenvalue weighted by molar-refractivity contribution is 5.91. The number of fused-ring (bicyclic) bond motifs is 2. The number of imidazole rings is 1. The third kappa shape index (κ3) is 4.03. The second-order valence-corrected chi connectivity index (χ2v) is 7.54. The molecule has 0 fully saturated rings. The van der Waals surface area contributed by atoms with E-state index in [1.807, 2.05) is 0 Å². The molecule has 0 spiro atoms. The molecule has 34 heavy (non-hydrogen) atoms. The molecule has 1 amide bonds. The lowest BCUT2D eigenvalue weighted by atomic mass is 10.2. The molecule has 0 unspecified atom stereocenters. The van der Waals surface area contributed by atoms with Gasteiger partial charge >= 0.3 is 6.18 Å². The average Bonchev–Trinajstić information content (AvgIpc) is 3.43. The van der Waals surface area contributed by atoms with Crippen LogP contribution in [0.2, 0.25) is 0 Å². The van der Waals surface area contributed by atoms with Gasteiger partial charge in [-0.05, 0) is 36.4 Å². The van der Waals surface area contributed by atoms with Crippen molar-refractivity contribution in [1.82, 2.24) is 19.3 Å². The topological polar surface area (TPSA) is 95.0 Å². The highest BCUT2D eigenvalue weighted by atomic mass is 19.4. The average molecular weight is 467 g/mol. The predicted molar refractivity (Wildman–Crippen MR) is 117 cm³/mol. The molecule has 3 aromatic heterocycles. The van der Waals surface area contributed by atoms with Crippen molar-refractivity contribution in [2.45, 2.75) is 19.3 Å². The van der Waals surface area contributed by atoms with E-state index in [0.717, 1.165) is 16.8 Å². The first-order valence-electron chi connectivity index (χ1n) is 10.1. The highest BCUT2D eigenvalue weighted by Gasteiger charge is 2.31. The number of halogens is 3. The van der Waals surface area contributed by atoms with Crippen molar-refractivity contribution in [3.05, 3.63) is 88.7 Å². The number of hydrogen-bond acceptors (Lipinski definition) is 5. The van der Waals surface area contributed by atoms with E-state index in [1.54, 1.807) is 36.4 Å². The van der Waals surface area contributed by atoms with E-state index in [2.05, 4.69) is 15.4 Å². The van der Waals surface area contributed by atoms with Crippen molar-refractivity contribution >= 4 is 33.7 Å². The molecule has 0 radical (unpaired) electrons. The van der Waals surface area contributed by atoms with Crippen LogP contribution in [0.1, 0.15) is 11.3 Å². The number of carbonyl (C=O) groups is 1. The Balaban J connectivity index is 1.49. The summed E-state index contributed by atoms with van der Waals surface area (Å²) in [5, 5.41) is 7.67. The minimum atomic E-state index is -4.54. The van der Waals surface area contributed by atoms with Gasteiger partial charge in [-0.25, -0.2) is 9.67 Å². The van der Waals surface area contributed by atoms with Crippen molar-refractivity contribution in [1.29, 1.82) is 0 Å². The summed E-state index contributed by atoms with van der Waals surface area (Å²) in [6, 6.07) is 13.4. The summed E-state index contributed by atoms with van der Waals surface area (Å²) in [6.45, 7) is -0.278. The Hall–Kier alpha value is -4.41. The molecular weight excluding hydrogens is 451 g/mol. The molecule has 0 aliphatic rings. The smallest absolute Gasteiger partial charge is 0.416 e. The molecule has 11 heteroatoms. The van der Waals surface area contributed by atoms with E-state index >= 15 is 0 Å². The van der Waals surface area contributed by atoms with E-state index in [-0.39, 0.29) is 18.0 Å². The van der Waals surface area contributed by atoms with Crippen LogP contribution in [0.5, 0.6) is 0 Å². The van der Waals surface area contributed by atoms with Gasteiger partial charge in [-0.15, -0.1) is 0 Å². The number of carbonyl (C=O) groups excluding carboxylic acids is 1. The second kappa shape index (κ2) is 8.18. The standard InChI is InChI=1S/C23H16F3N5O3/c24-23(25,26)15-7-8-19-18(10-15)28-22(30(19)12-16-5-3-9-34-16)29-20(32)13-31-21(33)17-6-2-1-4-14(17)11-27-31/h1-11H,12-13H2,(H,28,29,32). The van der Waals surface area contributed by atoms with Gasteiger partial charge in [-0.2, -0.15) is 18.3 Å². The molecule has 5 aromatic rings. The molecule has 5 rings (SSSR count). The molecule has 8 nitrogen and oxygen atoms in total. The quantitative estimate of drug-likeness (QED) is 0.421. The number of nitrogens with zero attached hydrogens (tertiary/aromatic N) is 4. The maximum atomic E-state index is 13.2. The Bertz CT molecular complexity index is 1570. The van der Waals surface area contributed by atoms with Crippen molar-refractivity contribution < 1.29 is 22.4 Å². The monoisotopic (exact) mass is 467 g/mol. The highest BCUT2D eigenvalue weighted by Crippen LogP contribution is 2.32. The van der Waals surface area contributed by atoms with Crippen LogP contribution in [0, 0.1) is 0 Å². The van der Waals surface area contributed by atoms with Crippen LogP contribution >= 0.6 is 0 Å². The summed E-state index contributed by atoms with van der Waals surface area (Å²) in [6.07, 6.45) is -1.59. The fourth-order valence-electron chi connectivity index (χ4n) is 3.66. The fraction of sp³-hybridized carbons (Fsp3) is 0.130. The number of hydrogen-bond donors (Lipinski definition) is 1. The minimum Gasteiger partial charge on any atom is -0.467 e. The van der Waals surface area contributed by atoms with E-state index in [9.17, 15) is 22.8 Å². The van der Waals surface area contributed by atoms with E-state index in [1.165, 1.54) is 23.1 Å². The SMILES string of the molecule is O=C(Cn1ncc2ccccc2c1=O)Nc1nc2cc(C(F)(F)F)ccc2n1Cc1ccco1. The van der Waals surface area contributed by atoms with Crippen LogP contribution in [0.3, 0.4) is 0 Å². The number of alkyl halides is 3. The Morgan fingerprint density at radius 1 is 1.09 bits per heavy atom. The van der Waals surface area contributed by atoms with Crippen LogP contribution in [0.15, 0.2) is 76.3 Å². The van der Waals surface area contributed by atoms with E-state index in [0.29, 0.717) is 22.0 Å². The molecule has 3 heterocycles. The first-order chi connectivity index (χ1) is 16.3. The minimum absolute atomic E-state index is 0.0181. The van der Waals surface area contributed by atoms with Gasteiger partial charge < -0.3 is 8.98 Å². The normalized spacial score (nSPS) is 11.9. The Morgan fingerprint density at radius 2 is 1.91 bits per heavy atom. The summed E-state index contributed by atoms with van der Waals surface area (Å²) in [7, 11) is 0. The summed E-state index contributed by atoms with van der Waals surface area (Å²) in [5.74, 6) is -0.0800. The van der Waals surface area contributed by atoms with Crippen LogP contribution < -0.4 is 10.9 Å². The molecule has 0 saturated heterocycles. The van der Waals surface area contributed by atoms with Gasteiger partial charge in [0.1, 0.15) is 12.3 Å². The Morgan fingerprint density at radius 3 is 2.68 bits per heavy atom. The molecular formula is C23H16F3N5O3. The number of benzene rings is 2. The zero-order valence-corrected chi connectivity index (χ0v) is 17.4. The van der Waals surface area contributed by atoms with Crippen LogP contribution in [0.4, 0.5) is 19.1 Å². The van der Waals surface area contributed by atoms with Crippen molar-refractivity contribution in [2.24, 2.45) is 0 Å².